The maximum absolute atomic E-state index is 5.40. The molecule has 0 bridgehead atoms. The summed E-state index contributed by atoms with van der Waals surface area (Å²) >= 11 is 0. The zero-order chi connectivity index (χ0) is 14.6. The Bertz CT molecular complexity index is 243. The normalized spacial score (nSPS) is 11.9. The molecule has 0 radical (unpaired) electrons. The van der Waals surface area contributed by atoms with E-state index in [-0.39, 0.29) is 29.5 Å². The Kier molecular flexibility index (Phi) is 15.4. The Morgan fingerprint density at radius 1 is 1.10 bits per heavy atom. The SMILES string of the molecule is CCNC(=NCCCCOCCOC)NC(C)(C)C.I. The third kappa shape index (κ3) is 16.0. The summed E-state index contributed by atoms with van der Waals surface area (Å²) < 4.78 is 10.3. The van der Waals surface area contributed by atoms with E-state index >= 15 is 0 Å². The molecule has 0 aromatic heterocycles. The van der Waals surface area contributed by atoms with Crippen LogP contribution in [-0.2, 0) is 9.47 Å². The van der Waals surface area contributed by atoms with Crippen LogP contribution >= 0.6 is 24.0 Å². The fourth-order valence-electron chi connectivity index (χ4n) is 1.41. The number of ether oxygens (including phenoxy) is 2. The number of hydrogen-bond donors (Lipinski definition) is 2. The van der Waals surface area contributed by atoms with Gasteiger partial charge in [0.1, 0.15) is 0 Å². The molecule has 0 amide bonds. The largest absolute Gasteiger partial charge is 0.382 e. The van der Waals surface area contributed by atoms with E-state index in [1.807, 2.05) is 0 Å². The highest BCUT2D eigenvalue weighted by Crippen LogP contribution is 1.98. The Morgan fingerprint density at radius 3 is 2.35 bits per heavy atom. The Hall–Kier alpha value is -0.0800. The molecule has 5 nitrogen and oxygen atoms in total. The van der Waals surface area contributed by atoms with Gasteiger partial charge in [0.2, 0.25) is 0 Å². The van der Waals surface area contributed by atoms with E-state index in [1.165, 1.54) is 0 Å². The highest BCUT2D eigenvalue weighted by molar-refractivity contribution is 14.0. The molecule has 0 aliphatic heterocycles. The van der Waals surface area contributed by atoms with Crippen LogP contribution in [0.15, 0.2) is 4.99 Å². The molecule has 20 heavy (non-hydrogen) atoms. The van der Waals surface area contributed by atoms with E-state index in [2.05, 4.69) is 43.3 Å². The van der Waals surface area contributed by atoms with Crippen LogP contribution in [0.1, 0.15) is 40.5 Å². The minimum atomic E-state index is 0. The van der Waals surface area contributed by atoms with Crippen LogP contribution in [0.25, 0.3) is 0 Å². The fraction of sp³-hybridized carbons (Fsp3) is 0.929. The summed E-state index contributed by atoms with van der Waals surface area (Å²) in [7, 11) is 1.68. The number of unbranched alkanes of at least 4 members (excludes halogenated alkanes) is 1. The van der Waals surface area contributed by atoms with Crippen molar-refractivity contribution in [3.05, 3.63) is 0 Å². The molecule has 0 aromatic rings. The van der Waals surface area contributed by atoms with Crippen molar-refractivity contribution in [1.82, 2.24) is 10.6 Å². The first-order valence-corrected chi connectivity index (χ1v) is 7.12. The molecular weight excluding hydrogens is 369 g/mol. The molecule has 122 valence electrons. The predicted molar refractivity (Wildman–Crippen MR) is 96.2 cm³/mol. The van der Waals surface area contributed by atoms with Gasteiger partial charge in [-0.2, -0.15) is 0 Å². The summed E-state index contributed by atoms with van der Waals surface area (Å²) in [6.45, 7) is 12.3. The van der Waals surface area contributed by atoms with E-state index < -0.39 is 0 Å². The van der Waals surface area contributed by atoms with E-state index in [0.29, 0.717) is 13.2 Å². The maximum atomic E-state index is 5.40. The average molecular weight is 401 g/mol. The summed E-state index contributed by atoms with van der Waals surface area (Å²) in [6.07, 6.45) is 2.07. The summed E-state index contributed by atoms with van der Waals surface area (Å²) in [6, 6.07) is 0. The number of guanidine groups is 1. The first kappa shape index (κ1) is 22.2. The number of nitrogens with zero attached hydrogens (tertiary/aromatic N) is 1. The first-order valence-electron chi connectivity index (χ1n) is 7.12. The molecule has 0 unspecified atom stereocenters. The van der Waals surface area contributed by atoms with Gasteiger partial charge in [0.05, 0.1) is 13.2 Å². The molecule has 0 saturated carbocycles. The minimum absolute atomic E-state index is 0. The topological polar surface area (TPSA) is 54.9 Å². The Labute approximate surface area is 141 Å². The van der Waals surface area contributed by atoms with Gasteiger partial charge in [-0.15, -0.1) is 24.0 Å². The van der Waals surface area contributed by atoms with Crippen molar-refractivity contribution < 1.29 is 9.47 Å². The van der Waals surface area contributed by atoms with Crippen LogP contribution in [-0.4, -0.2) is 51.5 Å². The van der Waals surface area contributed by atoms with Gasteiger partial charge in [0.25, 0.3) is 0 Å². The second-order valence-electron chi connectivity index (χ2n) is 5.45. The first-order chi connectivity index (χ1) is 8.99. The van der Waals surface area contributed by atoms with Crippen molar-refractivity contribution >= 4 is 29.9 Å². The molecule has 0 aromatic carbocycles. The molecule has 2 N–H and O–H groups in total. The monoisotopic (exact) mass is 401 g/mol. The molecule has 0 fully saturated rings. The van der Waals surface area contributed by atoms with Gasteiger partial charge in [-0.05, 0) is 40.5 Å². The molecule has 0 aliphatic carbocycles. The number of methoxy groups -OCH3 is 1. The van der Waals surface area contributed by atoms with Gasteiger partial charge < -0.3 is 20.1 Å². The van der Waals surface area contributed by atoms with E-state index in [4.69, 9.17) is 9.47 Å². The lowest BCUT2D eigenvalue weighted by Crippen LogP contribution is -2.47. The smallest absolute Gasteiger partial charge is 0.191 e. The third-order valence-electron chi connectivity index (χ3n) is 2.24. The lowest BCUT2D eigenvalue weighted by molar-refractivity contribution is 0.0690. The molecule has 0 atom stereocenters. The third-order valence-corrected chi connectivity index (χ3v) is 2.24. The molecular formula is C14H32IN3O2. The van der Waals surface area contributed by atoms with Crippen LogP contribution in [0.5, 0.6) is 0 Å². The van der Waals surface area contributed by atoms with Gasteiger partial charge in [-0.25, -0.2) is 0 Å². The van der Waals surface area contributed by atoms with Gasteiger partial charge in [0, 0.05) is 32.3 Å². The highest BCUT2D eigenvalue weighted by atomic mass is 127. The molecule has 0 spiro atoms. The molecule has 0 aliphatic rings. The second kappa shape index (κ2) is 13.9. The van der Waals surface area contributed by atoms with Gasteiger partial charge in [-0.3, -0.25) is 4.99 Å². The number of nitrogens with one attached hydrogen (secondary N) is 2. The van der Waals surface area contributed by atoms with Crippen molar-refractivity contribution in [3.8, 4) is 0 Å². The number of halogens is 1. The van der Waals surface area contributed by atoms with Crippen LogP contribution in [0.3, 0.4) is 0 Å². The summed E-state index contributed by atoms with van der Waals surface area (Å²) in [5.74, 6) is 0.885. The lowest BCUT2D eigenvalue weighted by Gasteiger charge is -2.23. The number of aliphatic imine (C=N–C) groups is 1. The van der Waals surface area contributed by atoms with Gasteiger partial charge in [-0.1, -0.05) is 0 Å². The van der Waals surface area contributed by atoms with Crippen LogP contribution < -0.4 is 10.6 Å². The summed E-state index contributed by atoms with van der Waals surface area (Å²) in [5, 5.41) is 6.62. The second-order valence-corrected chi connectivity index (χ2v) is 5.45. The van der Waals surface area contributed by atoms with E-state index in [1.54, 1.807) is 7.11 Å². The molecule has 0 rings (SSSR count). The lowest BCUT2D eigenvalue weighted by atomic mass is 10.1. The highest BCUT2D eigenvalue weighted by Gasteiger charge is 2.11. The Balaban J connectivity index is 0. The van der Waals surface area contributed by atoms with Crippen LogP contribution in [0.4, 0.5) is 0 Å². The van der Waals surface area contributed by atoms with Crippen molar-refractivity contribution in [2.24, 2.45) is 4.99 Å². The zero-order valence-electron chi connectivity index (χ0n) is 13.6. The fourth-order valence-corrected chi connectivity index (χ4v) is 1.41. The standard InChI is InChI=1S/C14H31N3O2.HI/c1-6-15-13(17-14(2,3)4)16-9-7-8-10-19-12-11-18-5;/h6-12H2,1-5H3,(H2,15,16,17);1H. The average Bonchev–Trinajstić information content (AvgIpc) is 2.31. The quantitative estimate of drug-likeness (QED) is 0.270. The van der Waals surface area contributed by atoms with Gasteiger partial charge in [0.15, 0.2) is 5.96 Å². The number of hydrogen-bond acceptors (Lipinski definition) is 3. The summed E-state index contributed by atoms with van der Waals surface area (Å²) in [4.78, 5) is 4.55. The number of rotatable bonds is 9. The van der Waals surface area contributed by atoms with Crippen molar-refractivity contribution in [2.45, 2.75) is 46.1 Å². The Morgan fingerprint density at radius 2 is 1.80 bits per heavy atom. The van der Waals surface area contributed by atoms with E-state index in [0.717, 1.165) is 38.5 Å². The van der Waals surface area contributed by atoms with Crippen LogP contribution in [0, 0.1) is 0 Å². The van der Waals surface area contributed by atoms with E-state index in [9.17, 15) is 0 Å². The van der Waals surface area contributed by atoms with Crippen molar-refractivity contribution in [2.75, 3.05) is 40.0 Å². The van der Waals surface area contributed by atoms with Crippen LogP contribution in [0.2, 0.25) is 0 Å². The minimum Gasteiger partial charge on any atom is -0.382 e. The predicted octanol–water partition coefficient (Wildman–Crippen LogP) is 2.40. The molecule has 0 saturated heterocycles. The van der Waals surface area contributed by atoms with Crippen molar-refractivity contribution in [1.29, 1.82) is 0 Å². The molecule has 6 heteroatoms. The van der Waals surface area contributed by atoms with Crippen molar-refractivity contribution in [3.63, 3.8) is 0 Å². The molecule has 0 heterocycles. The maximum Gasteiger partial charge on any atom is 0.191 e. The zero-order valence-corrected chi connectivity index (χ0v) is 16.0. The van der Waals surface area contributed by atoms with Gasteiger partial charge >= 0.3 is 0 Å². The summed E-state index contributed by atoms with van der Waals surface area (Å²) in [5.41, 5.74) is 0.0320.